The highest BCUT2D eigenvalue weighted by Crippen LogP contribution is 2.22. The summed E-state index contributed by atoms with van der Waals surface area (Å²) in [7, 11) is 0. The van der Waals surface area contributed by atoms with E-state index in [1.165, 1.54) is 24.3 Å². The highest BCUT2D eigenvalue weighted by Gasteiger charge is 2.20. The fourth-order valence-corrected chi connectivity index (χ4v) is 3.23. The minimum atomic E-state index is -0.509. The molecule has 3 rings (SSSR count). The van der Waals surface area contributed by atoms with Crippen molar-refractivity contribution >= 4 is 27.5 Å². The maximum absolute atomic E-state index is 13.8. The summed E-state index contributed by atoms with van der Waals surface area (Å²) in [5, 5.41) is 0. The lowest BCUT2D eigenvalue weighted by Gasteiger charge is -2.23. The van der Waals surface area contributed by atoms with E-state index >= 15 is 0 Å². The first-order valence-corrected chi connectivity index (χ1v) is 9.18. The van der Waals surface area contributed by atoms with Gasteiger partial charge in [-0.2, -0.15) is 0 Å². The Kier molecular flexibility index (Phi) is 6.08. The van der Waals surface area contributed by atoms with Crippen molar-refractivity contribution in [3.63, 3.8) is 0 Å². The van der Waals surface area contributed by atoms with Crippen LogP contribution in [0.5, 0.6) is 5.75 Å². The molecule has 0 aliphatic carbocycles. The van der Waals surface area contributed by atoms with Gasteiger partial charge in [-0.25, -0.2) is 8.78 Å². The van der Waals surface area contributed by atoms with E-state index in [4.69, 9.17) is 4.74 Å². The van der Waals surface area contributed by atoms with Crippen LogP contribution in [0.2, 0.25) is 0 Å². The Balaban J connectivity index is 1.54. The maximum Gasteiger partial charge on any atom is 0.260 e. The van der Waals surface area contributed by atoms with E-state index < -0.39 is 5.82 Å². The van der Waals surface area contributed by atoms with Crippen molar-refractivity contribution in [2.24, 2.45) is 0 Å². The zero-order valence-corrected chi connectivity index (χ0v) is 15.7. The van der Waals surface area contributed by atoms with Gasteiger partial charge in [-0.1, -0.05) is 15.9 Å². The van der Waals surface area contributed by atoms with Crippen molar-refractivity contribution in [3.8, 4) is 5.75 Å². The molecule has 7 heteroatoms. The molecule has 1 fully saturated rings. The number of amides is 1. The summed E-state index contributed by atoms with van der Waals surface area (Å²) in [4.78, 5) is 16.2. The first kappa shape index (κ1) is 18.6. The second-order valence-electron chi connectivity index (χ2n) is 6.06. The Labute approximate surface area is 159 Å². The second-order valence-corrected chi connectivity index (χ2v) is 6.98. The number of halogens is 3. The highest BCUT2D eigenvalue weighted by atomic mass is 79.9. The maximum atomic E-state index is 13.8. The molecule has 138 valence electrons. The third-order valence-corrected chi connectivity index (χ3v) is 4.78. The number of hydrogen-bond acceptors (Lipinski definition) is 3. The molecule has 1 saturated heterocycles. The van der Waals surface area contributed by atoms with Gasteiger partial charge < -0.3 is 14.5 Å². The number of rotatable bonds is 4. The van der Waals surface area contributed by atoms with Crippen molar-refractivity contribution in [2.45, 2.75) is 6.42 Å². The number of ether oxygens (including phenoxy) is 1. The molecule has 1 heterocycles. The van der Waals surface area contributed by atoms with E-state index in [2.05, 4.69) is 20.8 Å². The van der Waals surface area contributed by atoms with Crippen LogP contribution in [-0.2, 0) is 4.79 Å². The zero-order valence-electron chi connectivity index (χ0n) is 14.1. The van der Waals surface area contributed by atoms with Crippen LogP contribution in [0, 0.1) is 11.6 Å². The van der Waals surface area contributed by atoms with Crippen LogP contribution in [0.3, 0.4) is 0 Å². The summed E-state index contributed by atoms with van der Waals surface area (Å²) in [6, 6.07) is 10.8. The molecular weight excluding hydrogens is 406 g/mol. The predicted molar refractivity (Wildman–Crippen MR) is 99.4 cm³/mol. The lowest BCUT2D eigenvalue weighted by Crippen LogP contribution is -2.38. The van der Waals surface area contributed by atoms with Crippen LogP contribution in [-0.4, -0.2) is 43.6 Å². The van der Waals surface area contributed by atoms with Crippen molar-refractivity contribution in [3.05, 3.63) is 58.6 Å². The van der Waals surface area contributed by atoms with E-state index in [0.717, 1.165) is 18.7 Å². The Morgan fingerprint density at radius 3 is 2.54 bits per heavy atom. The van der Waals surface area contributed by atoms with E-state index in [1.54, 1.807) is 23.1 Å². The van der Waals surface area contributed by atoms with E-state index in [1.807, 2.05) is 0 Å². The molecule has 1 aliphatic heterocycles. The SMILES string of the molecule is O=C(COc1ccc(Br)cc1F)N1CCCN(c2ccc(F)cc2)CC1. The van der Waals surface area contributed by atoms with Crippen LogP contribution in [0.1, 0.15) is 6.42 Å². The first-order chi connectivity index (χ1) is 12.5. The van der Waals surface area contributed by atoms with Gasteiger partial charge in [-0.3, -0.25) is 4.79 Å². The molecule has 1 amide bonds. The molecule has 0 N–H and O–H groups in total. The minimum absolute atomic E-state index is 0.0595. The molecule has 0 saturated carbocycles. The number of carbonyl (C=O) groups excluding carboxylic acids is 1. The normalized spacial score (nSPS) is 14.9. The van der Waals surface area contributed by atoms with Gasteiger partial charge in [0.25, 0.3) is 5.91 Å². The standard InChI is InChI=1S/C19H19BrF2N2O2/c20-14-2-7-18(17(22)12-14)26-13-19(25)24-9-1-8-23(10-11-24)16-5-3-15(21)4-6-16/h2-7,12H,1,8-11,13H2. The van der Waals surface area contributed by atoms with Crippen LogP contribution in [0.25, 0.3) is 0 Å². The average molecular weight is 425 g/mol. The van der Waals surface area contributed by atoms with E-state index in [9.17, 15) is 13.6 Å². The summed E-state index contributed by atoms with van der Waals surface area (Å²) in [5.41, 5.74) is 0.939. The summed E-state index contributed by atoms with van der Waals surface area (Å²) in [6.07, 6.45) is 0.801. The lowest BCUT2D eigenvalue weighted by atomic mass is 10.2. The third-order valence-electron chi connectivity index (χ3n) is 4.29. The smallest absolute Gasteiger partial charge is 0.260 e. The second kappa shape index (κ2) is 8.49. The van der Waals surface area contributed by atoms with Gasteiger partial charge in [0, 0.05) is 36.3 Å². The fourth-order valence-electron chi connectivity index (χ4n) is 2.90. The Morgan fingerprint density at radius 2 is 1.81 bits per heavy atom. The molecule has 2 aromatic rings. The molecule has 0 spiro atoms. The van der Waals surface area contributed by atoms with E-state index in [-0.39, 0.29) is 24.1 Å². The lowest BCUT2D eigenvalue weighted by molar-refractivity contribution is -0.133. The molecule has 0 unspecified atom stereocenters. The van der Waals surface area contributed by atoms with Gasteiger partial charge >= 0.3 is 0 Å². The number of anilines is 1. The molecule has 0 bridgehead atoms. The summed E-state index contributed by atoms with van der Waals surface area (Å²) in [5.74, 6) is -0.888. The van der Waals surface area contributed by atoms with Gasteiger partial charge in [0.1, 0.15) is 5.82 Å². The van der Waals surface area contributed by atoms with Crippen LogP contribution < -0.4 is 9.64 Å². The highest BCUT2D eigenvalue weighted by molar-refractivity contribution is 9.10. The topological polar surface area (TPSA) is 32.8 Å². The molecular formula is C19H19BrF2N2O2. The van der Waals surface area contributed by atoms with Crippen molar-refractivity contribution in [1.82, 2.24) is 4.90 Å². The fraction of sp³-hybridized carbons (Fsp3) is 0.316. The average Bonchev–Trinajstić information content (AvgIpc) is 2.88. The van der Waals surface area contributed by atoms with E-state index in [0.29, 0.717) is 24.1 Å². The van der Waals surface area contributed by atoms with Gasteiger partial charge in [-0.15, -0.1) is 0 Å². The molecule has 4 nitrogen and oxygen atoms in total. The Morgan fingerprint density at radius 1 is 1.04 bits per heavy atom. The van der Waals surface area contributed by atoms with Gasteiger partial charge in [0.15, 0.2) is 18.2 Å². The number of carbonyl (C=O) groups is 1. The van der Waals surface area contributed by atoms with Crippen LogP contribution in [0.15, 0.2) is 46.9 Å². The number of benzene rings is 2. The summed E-state index contributed by atoms with van der Waals surface area (Å²) in [6.45, 7) is 2.40. The Hall–Kier alpha value is -2.15. The zero-order chi connectivity index (χ0) is 18.5. The van der Waals surface area contributed by atoms with Crippen molar-refractivity contribution in [2.75, 3.05) is 37.7 Å². The van der Waals surface area contributed by atoms with Gasteiger partial charge in [0.2, 0.25) is 0 Å². The third kappa shape index (κ3) is 4.72. The molecule has 2 aromatic carbocycles. The van der Waals surface area contributed by atoms with Crippen LogP contribution in [0.4, 0.5) is 14.5 Å². The molecule has 1 aliphatic rings. The van der Waals surface area contributed by atoms with Crippen molar-refractivity contribution < 1.29 is 18.3 Å². The predicted octanol–water partition coefficient (Wildman–Crippen LogP) is 3.85. The minimum Gasteiger partial charge on any atom is -0.481 e. The molecule has 0 aromatic heterocycles. The number of nitrogens with zero attached hydrogens (tertiary/aromatic N) is 2. The molecule has 0 radical (unpaired) electrons. The largest absolute Gasteiger partial charge is 0.481 e. The van der Waals surface area contributed by atoms with Crippen LogP contribution >= 0.6 is 15.9 Å². The molecule has 26 heavy (non-hydrogen) atoms. The monoisotopic (exact) mass is 424 g/mol. The summed E-state index contributed by atoms with van der Waals surface area (Å²) < 4.78 is 32.8. The quantitative estimate of drug-likeness (QED) is 0.747. The van der Waals surface area contributed by atoms with Gasteiger partial charge in [0.05, 0.1) is 0 Å². The number of hydrogen-bond donors (Lipinski definition) is 0. The van der Waals surface area contributed by atoms with Gasteiger partial charge in [-0.05, 0) is 48.9 Å². The first-order valence-electron chi connectivity index (χ1n) is 8.39. The Bertz CT molecular complexity index is 771. The summed E-state index contributed by atoms with van der Waals surface area (Å²) >= 11 is 3.18. The molecule has 0 atom stereocenters. The van der Waals surface area contributed by atoms with Crippen molar-refractivity contribution in [1.29, 1.82) is 0 Å².